The fourth-order valence-corrected chi connectivity index (χ4v) is 6.10. The first kappa shape index (κ1) is 22.5. The van der Waals surface area contributed by atoms with Gasteiger partial charge in [-0.3, -0.25) is 9.21 Å². The van der Waals surface area contributed by atoms with Crippen LogP contribution < -0.4 is 4.31 Å². The Labute approximate surface area is 190 Å². The van der Waals surface area contributed by atoms with E-state index < -0.39 is 10.0 Å². The number of benzene rings is 3. The Balaban J connectivity index is 1.57. The van der Waals surface area contributed by atoms with Gasteiger partial charge in [0.05, 0.1) is 10.6 Å². The summed E-state index contributed by atoms with van der Waals surface area (Å²) in [6, 6.07) is 21.3. The average molecular weight is 453 g/mol. The van der Waals surface area contributed by atoms with E-state index >= 15 is 0 Å². The molecule has 1 saturated heterocycles. The van der Waals surface area contributed by atoms with Gasteiger partial charge in [-0.2, -0.15) is 0 Å². The molecule has 0 bridgehead atoms. The predicted molar refractivity (Wildman–Crippen MR) is 127 cm³/mol. The lowest BCUT2D eigenvalue weighted by Crippen LogP contribution is -2.47. The van der Waals surface area contributed by atoms with Crippen molar-refractivity contribution in [3.63, 3.8) is 0 Å². The van der Waals surface area contributed by atoms with Crippen LogP contribution in [0, 0.1) is 19.7 Å². The van der Waals surface area contributed by atoms with Crippen LogP contribution in [-0.4, -0.2) is 32.4 Å². The van der Waals surface area contributed by atoms with Crippen LogP contribution in [0.5, 0.6) is 0 Å². The number of hydrogen-bond donors (Lipinski definition) is 0. The normalized spacial score (nSPS) is 15.6. The van der Waals surface area contributed by atoms with Crippen LogP contribution in [0.1, 0.15) is 29.5 Å². The first-order chi connectivity index (χ1) is 15.3. The van der Waals surface area contributed by atoms with E-state index in [1.807, 2.05) is 56.3 Å². The smallest absolute Gasteiger partial charge is 0.264 e. The lowest BCUT2D eigenvalue weighted by molar-refractivity contribution is 0.206. The van der Waals surface area contributed by atoms with Gasteiger partial charge in [-0.25, -0.2) is 12.8 Å². The fourth-order valence-electron chi connectivity index (χ4n) is 4.29. The minimum Gasteiger partial charge on any atom is -0.299 e. The van der Waals surface area contributed by atoms with Gasteiger partial charge in [0.2, 0.25) is 0 Å². The van der Waals surface area contributed by atoms with Crippen LogP contribution >= 0.6 is 0 Å². The van der Waals surface area contributed by atoms with Crippen LogP contribution in [0.15, 0.2) is 77.7 Å². The molecule has 168 valence electrons. The van der Waals surface area contributed by atoms with E-state index in [0.717, 1.165) is 49.2 Å². The van der Waals surface area contributed by atoms with Gasteiger partial charge in [0.25, 0.3) is 10.0 Å². The summed E-state index contributed by atoms with van der Waals surface area (Å²) in [5.74, 6) is -0.234. The van der Waals surface area contributed by atoms with Crippen molar-refractivity contribution in [2.75, 3.05) is 17.4 Å². The first-order valence-corrected chi connectivity index (χ1v) is 12.4. The van der Waals surface area contributed by atoms with Crippen molar-refractivity contribution in [2.45, 2.75) is 44.2 Å². The van der Waals surface area contributed by atoms with Gasteiger partial charge < -0.3 is 0 Å². The molecular formula is C26H29FN2O2S. The summed E-state index contributed by atoms with van der Waals surface area (Å²) >= 11 is 0. The predicted octanol–water partition coefficient (Wildman–Crippen LogP) is 5.30. The molecule has 0 atom stereocenters. The molecule has 1 aliphatic heterocycles. The molecule has 0 aromatic heterocycles. The van der Waals surface area contributed by atoms with Gasteiger partial charge in [0, 0.05) is 25.7 Å². The molecule has 0 aliphatic carbocycles. The molecule has 0 N–H and O–H groups in total. The number of hydrogen-bond acceptors (Lipinski definition) is 3. The topological polar surface area (TPSA) is 40.6 Å². The molecular weight excluding hydrogens is 423 g/mol. The molecule has 0 saturated carbocycles. The van der Waals surface area contributed by atoms with Crippen molar-refractivity contribution in [1.82, 2.24) is 4.90 Å². The van der Waals surface area contributed by atoms with Gasteiger partial charge in [-0.1, -0.05) is 42.0 Å². The van der Waals surface area contributed by atoms with Crippen LogP contribution in [0.4, 0.5) is 10.1 Å². The molecule has 3 aromatic carbocycles. The molecule has 6 heteroatoms. The van der Waals surface area contributed by atoms with E-state index in [0.29, 0.717) is 10.6 Å². The monoisotopic (exact) mass is 452 g/mol. The zero-order valence-corrected chi connectivity index (χ0v) is 19.4. The number of anilines is 1. The number of piperidine rings is 1. The third-order valence-electron chi connectivity index (χ3n) is 6.04. The molecule has 4 rings (SSSR count). The maximum Gasteiger partial charge on any atom is 0.264 e. The van der Waals surface area contributed by atoms with Gasteiger partial charge in [0.1, 0.15) is 5.82 Å². The highest BCUT2D eigenvalue weighted by molar-refractivity contribution is 7.92. The van der Waals surface area contributed by atoms with Gasteiger partial charge in [-0.05, 0) is 74.2 Å². The van der Waals surface area contributed by atoms with Crippen LogP contribution in [0.3, 0.4) is 0 Å². The van der Waals surface area contributed by atoms with Gasteiger partial charge in [-0.15, -0.1) is 0 Å². The lowest BCUT2D eigenvalue weighted by atomic mass is 10.0. The number of halogens is 1. The highest BCUT2D eigenvalue weighted by atomic mass is 32.2. The van der Waals surface area contributed by atoms with Crippen molar-refractivity contribution in [3.05, 3.63) is 95.3 Å². The van der Waals surface area contributed by atoms with E-state index in [4.69, 9.17) is 0 Å². The zero-order chi connectivity index (χ0) is 22.7. The molecule has 1 fully saturated rings. The second-order valence-electron chi connectivity index (χ2n) is 8.59. The Morgan fingerprint density at radius 1 is 0.906 bits per heavy atom. The number of nitrogens with zero attached hydrogens (tertiary/aromatic N) is 2. The molecule has 0 spiro atoms. The molecule has 32 heavy (non-hydrogen) atoms. The minimum absolute atomic E-state index is 0.118. The Morgan fingerprint density at radius 2 is 1.56 bits per heavy atom. The third-order valence-corrected chi connectivity index (χ3v) is 7.92. The van der Waals surface area contributed by atoms with Crippen molar-refractivity contribution >= 4 is 15.7 Å². The molecule has 0 unspecified atom stereocenters. The SMILES string of the molecule is Cc1ccc(N(C2CCN(Cc3ccc(F)cc3)CC2)S(=O)(=O)c2cccc(C)c2)cc1. The van der Waals surface area contributed by atoms with E-state index in [2.05, 4.69) is 4.90 Å². The van der Waals surface area contributed by atoms with Gasteiger partial charge >= 0.3 is 0 Å². The summed E-state index contributed by atoms with van der Waals surface area (Å²) < 4.78 is 42.3. The number of likely N-dealkylation sites (tertiary alicyclic amines) is 1. The van der Waals surface area contributed by atoms with Crippen molar-refractivity contribution in [2.24, 2.45) is 0 Å². The Hall–Kier alpha value is -2.70. The highest BCUT2D eigenvalue weighted by Gasteiger charge is 2.34. The van der Waals surface area contributed by atoms with E-state index in [1.54, 1.807) is 22.5 Å². The fraction of sp³-hybridized carbons (Fsp3) is 0.308. The summed E-state index contributed by atoms with van der Waals surface area (Å²) in [5.41, 5.74) is 3.78. The maximum absolute atomic E-state index is 13.8. The number of sulfonamides is 1. The quantitative estimate of drug-likeness (QED) is 0.509. The first-order valence-electron chi connectivity index (χ1n) is 11.0. The zero-order valence-electron chi connectivity index (χ0n) is 18.5. The Kier molecular flexibility index (Phi) is 6.63. The number of rotatable bonds is 6. The molecule has 1 heterocycles. The van der Waals surface area contributed by atoms with E-state index in [9.17, 15) is 12.8 Å². The van der Waals surface area contributed by atoms with E-state index in [-0.39, 0.29) is 11.9 Å². The van der Waals surface area contributed by atoms with E-state index in [1.165, 1.54) is 12.1 Å². The molecule has 4 nitrogen and oxygen atoms in total. The van der Waals surface area contributed by atoms with Crippen molar-refractivity contribution < 1.29 is 12.8 Å². The maximum atomic E-state index is 13.8. The summed E-state index contributed by atoms with van der Waals surface area (Å²) in [4.78, 5) is 2.63. The Morgan fingerprint density at radius 3 is 2.19 bits per heavy atom. The summed E-state index contributed by atoms with van der Waals surface area (Å²) in [7, 11) is -3.70. The van der Waals surface area contributed by atoms with Crippen molar-refractivity contribution in [1.29, 1.82) is 0 Å². The standard InChI is InChI=1S/C26H29FN2O2S/c1-20-6-12-24(13-7-20)29(32(30,31)26-5-3-4-21(2)18-26)25-14-16-28(17-15-25)19-22-8-10-23(27)11-9-22/h3-13,18,25H,14-17,19H2,1-2H3. The van der Waals surface area contributed by atoms with Crippen LogP contribution in [0.25, 0.3) is 0 Å². The van der Waals surface area contributed by atoms with Crippen LogP contribution in [-0.2, 0) is 16.6 Å². The largest absolute Gasteiger partial charge is 0.299 e. The second-order valence-corrected chi connectivity index (χ2v) is 10.4. The third kappa shape index (κ3) is 5.03. The summed E-state index contributed by atoms with van der Waals surface area (Å²) in [5, 5.41) is 0. The Bertz CT molecular complexity index is 1150. The van der Waals surface area contributed by atoms with Gasteiger partial charge in [0.15, 0.2) is 0 Å². The molecule has 0 radical (unpaired) electrons. The summed E-state index contributed by atoms with van der Waals surface area (Å²) in [6.07, 6.45) is 1.47. The second kappa shape index (κ2) is 9.43. The molecule has 3 aromatic rings. The van der Waals surface area contributed by atoms with Crippen LogP contribution in [0.2, 0.25) is 0 Å². The van der Waals surface area contributed by atoms with Crippen molar-refractivity contribution in [3.8, 4) is 0 Å². The summed E-state index contributed by atoms with van der Waals surface area (Å²) in [6.45, 7) is 6.21. The highest BCUT2D eigenvalue weighted by Crippen LogP contribution is 2.31. The minimum atomic E-state index is -3.70. The average Bonchev–Trinajstić information content (AvgIpc) is 2.78. The lowest BCUT2D eigenvalue weighted by Gasteiger charge is -2.39. The molecule has 0 amide bonds. The molecule has 1 aliphatic rings. The number of aryl methyl sites for hydroxylation is 2.